The van der Waals surface area contributed by atoms with Gasteiger partial charge in [0, 0.05) is 12.5 Å². The summed E-state index contributed by atoms with van der Waals surface area (Å²) < 4.78 is 70.0. The van der Waals surface area contributed by atoms with E-state index in [4.69, 9.17) is 4.74 Å². The number of fused-ring (bicyclic) bond motifs is 3. The number of rotatable bonds is 6. The van der Waals surface area contributed by atoms with E-state index in [-0.39, 0.29) is 24.6 Å². The lowest BCUT2D eigenvalue weighted by Crippen LogP contribution is -2.26. The summed E-state index contributed by atoms with van der Waals surface area (Å²) in [6.07, 6.45) is 1.88. The molecule has 33 heavy (non-hydrogen) atoms. The van der Waals surface area contributed by atoms with Gasteiger partial charge in [-0.3, -0.25) is 0 Å². The van der Waals surface area contributed by atoms with Crippen molar-refractivity contribution in [2.24, 2.45) is 0 Å². The van der Waals surface area contributed by atoms with Crippen LogP contribution in [0, 0.1) is 0 Å². The molecule has 0 atom stereocenters. The normalized spacial score (nSPS) is 15.4. The van der Waals surface area contributed by atoms with Gasteiger partial charge in [0.2, 0.25) is 0 Å². The van der Waals surface area contributed by atoms with Crippen molar-refractivity contribution in [2.45, 2.75) is 10.8 Å². The fraction of sp³-hybridized carbons (Fsp3) is 0.125. The molecule has 0 aliphatic heterocycles. The van der Waals surface area contributed by atoms with Crippen LogP contribution in [0.5, 0.6) is 0 Å². The zero-order valence-corrected chi connectivity index (χ0v) is 18.0. The summed E-state index contributed by atoms with van der Waals surface area (Å²) in [6, 6.07) is 18.7. The predicted molar refractivity (Wildman–Crippen MR) is 120 cm³/mol. The molecule has 0 heterocycles. The molecule has 0 unspecified atom stereocenters. The summed E-state index contributed by atoms with van der Waals surface area (Å²) in [6.45, 7) is 0.0762. The third-order valence-electron chi connectivity index (χ3n) is 5.32. The van der Waals surface area contributed by atoms with Gasteiger partial charge >= 0.3 is 16.3 Å². The first-order chi connectivity index (χ1) is 15.4. The molecule has 174 valence electrons. The van der Waals surface area contributed by atoms with Crippen LogP contribution in [0.4, 0.5) is 24.2 Å². The third kappa shape index (κ3) is 5.19. The smallest absolute Gasteiger partial charge is 0.407 e. The van der Waals surface area contributed by atoms with Gasteiger partial charge < -0.3 is 10.1 Å². The van der Waals surface area contributed by atoms with Crippen LogP contribution < -0.4 is 5.32 Å². The van der Waals surface area contributed by atoms with E-state index < -0.39 is 21.2 Å². The molecule has 3 aromatic carbocycles. The van der Waals surface area contributed by atoms with Gasteiger partial charge in [-0.25, -0.2) is 4.79 Å². The molecular formula is C24H20F5NO2S. The lowest BCUT2D eigenvalue weighted by molar-refractivity contribution is 0.144. The van der Waals surface area contributed by atoms with Gasteiger partial charge in [0.1, 0.15) is 11.5 Å². The summed E-state index contributed by atoms with van der Waals surface area (Å²) >= 11 is 0. The van der Waals surface area contributed by atoms with Crippen molar-refractivity contribution in [1.82, 2.24) is 5.32 Å². The van der Waals surface area contributed by atoms with Gasteiger partial charge in [-0.2, -0.15) is 0 Å². The van der Waals surface area contributed by atoms with Crippen molar-refractivity contribution in [3.63, 3.8) is 0 Å². The molecule has 1 N–H and O–H groups in total. The van der Waals surface area contributed by atoms with Crippen LogP contribution >= 0.6 is 10.2 Å². The van der Waals surface area contributed by atoms with Crippen LogP contribution in [0.1, 0.15) is 22.6 Å². The average molecular weight is 481 g/mol. The Morgan fingerprint density at radius 2 is 1.48 bits per heavy atom. The fourth-order valence-corrected chi connectivity index (χ4v) is 4.54. The number of hydrogen-bond donors (Lipinski definition) is 1. The van der Waals surface area contributed by atoms with Crippen LogP contribution in [0.15, 0.2) is 83.8 Å². The second-order valence-corrected chi connectivity index (χ2v) is 10.1. The number of halogens is 5. The Balaban J connectivity index is 1.34. The highest BCUT2D eigenvalue weighted by molar-refractivity contribution is 8.45. The minimum Gasteiger partial charge on any atom is -0.449 e. The molecule has 0 fully saturated rings. The molecule has 1 amide bonds. The Morgan fingerprint density at radius 3 is 2.09 bits per heavy atom. The average Bonchev–Trinajstić information content (AvgIpc) is 3.08. The lowest BCUT2D eigenvalue weighted by Gasteiger charge is -2.40. The van der Waals surface area contributed by atoms with Gasteiger partial charge in [-0.15, -0.1) is 0 Å². The Labute approximate surface area is 187 Å². The summed E-state index contributed by atoms with van der Waals surface area (Å²) in [7, 11) is -9.74. The number of carbonyl (C=O) groups excluding carboxylic acids is 1. The Morgan fingerprint density at radius 1 is 0.879 bits per heavy atom. The molecule has 1 aliphatic carbocycles. The van der Waals surface area contributed by atoms with Crippen molar-refractivity contribution in [3.8, 4) is 11.1 Å². The quantitative estimate of drug-likeness (QED) is 0.364. The minimum absolute atomic E-state index is 0.0443. The molecule has 3 aromatic rings. The van der Waals surface area contributed by atoms with Crippen molar-refractivity contribution in [2.75, 3.05) is 13.2 Å². The van der Waals surface area contributed by atoms with Gasteiger partial charge in [0.25, 0.3) is 0 Å². The van der Waals surface area contributed by atoms with Crippen molar-refractivity contribution < 1.29 is 29.0 Å². The summed E-state index contributed by atoms with van der Waals surface area (Å²) in [4.78, 5) is 10.1. The van der Waals surface area contributed by atoms with Gasteiger partial charge in [-0.1, -0.05) is 92.2 Å². The van der Waals surface area contributed by atoms with Crippen LogP contribution in [-0.2, 0) is 4.74 Å². The second-order valence-electron chi connectivity index (χ2n) is 7.65. The first kappa shape index (κ1) is 22.8. The van der Waals surface area contributed by atoms with Crippen LogP contribution in [-0.4, -0.2) is 19.2 Å². The lowest BCUT2D eigenvalue weighted by atomic mass is 9.98. The molecule has 0 radical (unpaired) electrons. The van der Waals surface area contributed by atoms with Gasteiger partial charge in [0.15, 0.2) is 0 Å². The molecule has 0 aromatic heterocycles. The largest absolute Gasteiger partial charge is 0.449 e. The highest BCUT2D eigenvalue weighted by atomic mass is 32.5. The Kier molecular flexibility index (Phi) is 5.28. The number of benzene rings is 3. The fourth-order valence-electron chi connectivity index (χ4n) is 3.84. The first-order valence-electron chi connectivity index (χ1n) is 10.0. The molecule has 0 saturated heterocycles. The summed E-state index contributed by atoms with van der Waals surface area (Å²) in [5, 5.41) is 2.47. The maximum atomic E-state index is 12.9. The zero-order valence-electron chi connectivity index (χ0n) is 17.2. The number of carbonyl (C=O) groups is 1. The van der Waals surface area contributed by atoms with Gasteiger partial charge in [0.05, 0.1) is 0 Å². The number of alkyl carbamates (subject to hydrolysis) is 1. The molecule has 0 bridgehead atoms. The third-order valence-corrected chi connectivity index (χ3v) is 6.47. The van der Waals surface area contributed by atoms with E-state index in [0.29, 0.717) is 12.1 Å². The first-order valence-corrected chi connectivity index (χ1v) is 12.0. The highest BCUT2D eigenvalue weighted by Crippen LogP contribution is 3.02. The molecule has 1 aliphatic rings. The predicted octanol–water partition coefficient (Wildman–Crippen LogP) is 7.90. The Hall–Kier alpha value is -3.33. The van der Waals surface area contributed by atoms with Crippen LogP contribution in [0.2, 0.25) is 0 Å². The van der Waals surface area contributed by atoms with Crippen LogP contribution in [0.3, 0.4) is 0 Å². The maximum Gasteiger partial charge on any atom is 0.407 e. The second kappa shape index (κ2) is 7.62. The van der Waals surface area contributed by atoms with E-state index in [1.54, 1.807) is 0 Å². The van der Waals surface area contributed by atoms with E-state index in [9.17, 15) is 24.2 Å². The monoisotopic (exact) mass is 481 g/mol. The molecule has 4 rings (SSSR count). The van der Waals surface area contributed by atoms with Crippen molar-refractivity contribution in [1.29, 1.82) is 0 Å². The number of ether oxygens (including phenoxy) is 1. The Bertz CT molecular complexity index is 1200. The van der Waals surface area contributed by atoms with E-state index in [2.05, 4.69) is 5.32 Å². The van der Waals surface area contributed by atoms with E-state index >= 15 is 0 Å². The van der Waals surface area contributed by atoms with E-state index in [1.807, 2.05) is 48.5 Å². The zero-order chi connectivity index (χ0) is 23.8. The van der Waals surface area contributed by atoms with Crippen molar-refractivity contribution in [3.05, 3.63) is 95.6 Å². The highest BCUT2D eigenvalue weighted by Gasteiger charge is 2.65. The molecular weight excluding hydrogens is 461 g/mol. The summed E-state index contributed by atoms with van der Waals surface area (Å²) in [5.41, 5.74) is 4.26. The molecule has 3 nitrogen and oxygen atoms in total. The molecule has 9 heteroatoms. The standard InChI is InChI=1S/C24H20F5NO2S/c25-33(26,27,28,29)18-9-5-7-17(15-18)8-6-14-30-24(31)32-16-23-21-12-3-1-10-19(21)20-11-2-4-13-22(20)23/h1-13,15,23H,14,16H2,(H,30,31). The van der Waals surface area contributed by atoms with Crippen molar-refractivity contribution >= 4 is 22.4 Å². The minimum atomic E-state index is -9.74. The number of hydrogen-bond acceptors (Lipinski definition) is 2. The maximum absolute atomic E-state index is 12.9. The summed E-state index contributed by atoms with van der Waals surface area (Å²) in [5.74, 6) is -0.103. The van der Waals surface area contributed by atoms with E-state index in [0.717, 1.165) is 28.3 Å². The van der Waals surface area contributed by atoms with E-state index in [1.165, 1.54) is 18.2 Å². The SMILES string of the molecule is O=C(NCC=Cc1cccc(S(F)(F)(F)(F)F)c1)OCC1c2ccccc2-c2ccccc21. The number of nitrogens with one attached hydrogen (secondary N) is 1. The molecule has 0 spiro atoms. The van der Waals surface area contributed by atoms with Gasteiger partial charge in [-0.05, 0) is 39.9 Å². The van der Waals surface area contributed by atoms with Crippen LogP contribution in [0.25, 0.3) is 17.2 Å². The molecule has 0 saturated carbocycles. The topological polar surface area (TPSA) is 38.3 Å². The number of amides is 1.